The molecule has 0 saturated carbocycles. The van der Waals surface area contributed by atoms with Gasteiger partial charge in [-0.15, -0.1) is 0 Å². The van der Waals surface area contributed by atoms with Crippen LogP contribution in [0.25, 0.3) is 0 Å². The molecule has 2 rings (SSSR count). The maximum Gasteiger partial charge on any atom is 0.0848 e. The van der Waals surface area contributed by atoms with Crippen LogP contribution in [0.1, 0.15) is 22.8 Å². The molecule has 1 aromatic heterocycles. The van der Waals surface area contributed by atoms with E-state index in [0.717, 1.165) is 16.7 Å². The van der Waals surface area contributed by atoms with Crippen LogP contribution in [0, 0.1) is 6.92 Å². The van der Waals surface area contributed by atoms with Gasteiger partial charge >= 0.3 is 0 Å². The lowest BCUT2D eigenvalue weighted by Gasteiger charge is -2.15. The zero-order valence-corrected chi connectivity index (χ0v) is 11.4. The number of benzene rings is 1. The minimum absolute atomic E-state index is 0.380. The van der Waals surface area contributed by atoms with Gasteiger partial charge in [-0.05, 0) is 36.2 Å². The standard InChI is InChI=1S/C14H13Cl2NO/c1-9-5-6-17-8-11(9)14(18)7-10-12(15)3-2-4-13(10)16/h2-6,8,14,18H,7H2,1H3. The van der Waals surface area contributed by atoms with Crippen molar-refractivity contribution in [1.29, 1.82) is 0 Å². The molecular formula is C14H13Cl2NO. The average Bonchev–Trinajstić information content (AvgIpc) is 2.34. The molecule has 0 amide bonds. The highest BCUT2D eigenvalue weighted by atomic mass is 35.5. The number of pyridine rings is 1. The van der Waals surface area contributed by atoms with Crippen LogP contribution in [0.15, 0.2) is 36.7 Å². The van der Waals surface area contributed by atoms with Gasteiger partial charge in [0.25, 0.3) is 0 Å². The first-order valence-electron chi connectivity index (χ1n) is 5.61. The van der Waals surface area contributed by atoms with Crippen molar-refractivity contribution in [3.05, 3.63) is 63.4 Å². The highest BCUT2D eigenvalue weighted by Gasteiger charge is 2.15. The second-order valence-electron chi connectivity index (χ2n) is 4.15. The summed E-state index contributed by atoms with van der Waals surface area (Å²) in [4.78, 5) is 4.03. The summed E-state index contributed by atoms with van der Waals surface area (Å²) in [5.41, 5.74) is 2.56. The van der Waals surface area contributed by atoms with Crippen molar-refractivity contribution in [3.8, 4) is 0 Å². The Hall–Kier alpha value is -1.09. The Morgan fingerprint density at radius 3 is 2.50 bits per heavy atom. The predicted octanol–water partition coefficient (Wildman–Crippen LogP) is 3.97. The monoisotopic (exact) mass is 281 g/mol. The van der Waals surface area contributed by atoms with Gasteiger partial charge in [-0.25, -0.2) is 0 Å². The molecule has 0 aliphatic heterocycles. The predicted molar refractivity (Wildman–Crippen MR) is 74.1 cm³/mol. The summed E-state index contributed by atoms with van der Waals surface area (Å²) in [7, 11) is 0. The highest BCUT2D eigenvalue weighted by molar-refractivity contribution is 6.35. The molecule has 1 unspecified atom stereocenters. The van der Waals surface area contributed by atoms with Gasteiger partial charge in [0.1, 0.15) is 0 Å². The van der Waals surface area contributed by atoms with Crippen LogP contribution < -0.4 is 0 Å². The van der Waals surface area contributed by atoms with Gasteiger partial charge in [0.15, 0.2) is 0 Å². The Morgan fingerprint density at radius 2 is 1.89 bits per heavy atom. The second-order valence-corrected chi connectivity index (χ2v) is 4.97. The second kappa shape index (κ2) is 5.70. The largest absolute Gasteiger partial charge is 0.388 e. The molecule has 94 valence electrons. The molecule has 2 aromatic rings. The fourth-order valence-electron chi connectivity index (χ4n) is 1.86. The van der Waals surface area contributed by atoms with Crippen molar-refractivity contribution in [1.82, 2.24) is 4.98 Å². The van der Waals surface area contributed by atoms with Gasteiger partial charge < -0.3 is 5.11 Å². The fourth-order valence-corrected chi connectivity index (χ4v) is 2.41. The first-order chi connectivity index (χ1) is 8.59. The summed E-state index contributed by atoms with van der Waals surface area (Å²) in [6.07, 6.45) is 3.10. The molecule has 0 radical (unpaired) electrons. The van der Waals surface area contributed by atoms with Crippen LogP contribution in [0.3, 0.4) is 0 Å². The van der Waals surface area contributed by atoms with Gasteiger partial charge in [-0.3, -0.25) is 4.98 Å². The van der Waals surface area contributed by atoms with Crippen LogP contribution in [-0.2, 0) is 6.42 Å². The van der Waals surface area contributed by atoms with E-state index in [4.69, 9.17) is 23.2 Å². The molecule has 1 atom stereocenters. The number of hydrogen-bond acceptors (Lipinski definition) is 2. The minimum atomic E-state index is -0.656. The Balaban J connectivity index is 2.27. The molecule has 0 fully saturated rings. The molecule has 1 heterocycles. The van der Waals surface area contributed by atoms with E-state index in [1.807, 2.05) is 13.0 Å². The van der Waals surface area contributed by atoms with E-state index >= 15 is 0 Å². The third-order valence-electron chi connectivity index (χ3n) is 2.90. The molecule has 0 aliphatic carbocycles. The molecule has 2 nitrogen and oxygen atoms in total. The number of hydrogen-bond donors (Lipinski definition) is 1. The molecule has 0 spiro atoms. The number of aryl methyl sites for hydroxylation is 1. The summed E-state index contributed by atoms with van der Waals surface area (Å²) in [5, 5.41) is 11.4. The molecule has 0 bridgehead atoms. The van der Waals surface area contributed by atoms with Crippen molar-refractivity contribution >= 4 is 23.2 Å². The summed E-state index contributed by atoms with van der Waals surface area (Å²) >= 11 is 12.2. The summed E-state index contributed by atoms with van der Waals surface area (Å²) in [6.45, 7) is 1.94. The third kappa shape index (κ3) is 2.83. The van der Waals surface area contributed by atoms with Crippen LogP contribution >= 0.6 is 23.2 Å². The lowest BCUT2D eigenvalue weighted by atomic mass is 9.99. The van der Waals surface area contributed by atoms with E-state index in [0.29, 0.717) is 16.5 Å². The number of nitrogens with zero attached hydrogens (tertiary/aromatic N) is 1. The molecule has 0 saturated heterocycles. The van der Waals surface area contributed by atoms with Crippen LogP contribution in [0.5, 0.6) is 0 Å². The Labute approximate surface area is 116 Å². The van der Waals surface area contributed by atoms with Gasteiger partial charge in [-0.2, -0.15) is 0 Å². The zero-order chi connectivity index (χ0) is 13.1. The van der Waals surface area contributed by atoms with Gasteiger partial charge in [-0.1, -0.05) is 29.3 Å². The van der Waals surface area contributed by atoms with Crippen molar-refractivity contribution < 1.29 is 5.11 Å². The van der Waals surface area contributed by atoms with Crippen molar-refractivity contribution in [3.63, 3.8) is 0 Å². The summed E-state index contributed by atoms with van der Waals surface area (Å²) in [5.74, 6) is 0. The number of aliphatic hydroxyl groups excluding tert-OH is 1. The summed E-state index contributed by atoms with van der Waals surface area (Å²) < 4.78 is 0. The quantitative estimate of drug-likeness (QED) is 0.923. The van der Waals surface area contributed by atoms with Crippen LogP contribution in [0.4, 0.5) is 0 Å². The highest BCUT2D eigenvalue weighted by Crippen LogP contribution is 2.29. The first kappa shape index (κ1) is 13.3. The Morgan fingerprint density at radius 1 is 1.22 bits per heavy atom. The van der Waals surface area contributed by atoms with E-state index in [1.165, 1.54) is 0 Å². The molecule has 1 N–H and O–H groups in total. The smallest absolute Gasteiger partial charge is 0.0848 e. The minimum Gasteiger partial charge on any atom is -0.388 e. The average molecular weight is 282 g/mol. The van der Waals surface area contributed by atoms with E-state index < -0.39 is 6.10 Å². The van der Waals surface area contributed by atoms with Gasteiger partial charge in [0.2, 0.25) is 0 Å². The fraction of sp³-hybridized carbons (Fsp3) is 0.214. The van der Waals surface area contributed by atoms with E-state index in [-0.39, 0.29) is 0 Å². The molecular weight excluding hydrogens is 269 g/mol. The van der Waals surface area contributed by atoms with Gasteiger partial charge in [0.05, 0.1) is 6.10 Å². The van der Waals surface area contributed by atoms with E-state index in [2.05, 4.69) is 4.98 Å². The van der Waals surface area contributed by atoms with E-state index in [1.54, 1.807) is 30.6 Å². The van der Waals surface area contributed by atoms with Crippen LogP contribution in [0.2, 0.25) is 10.0 Å². The lowest BCUT2D eigenvalue weighted by molar-refractivity contribution is 0.177. The normalized spacial score (nSPS) is 12.4. The molecule has 0 aliphatic rings. The van der Waals surface area contributed by atoms with Crippen molar-refractivity contribution in [2.24, 2.45) is 0 Å². The van der Waals surface area contributed by atoms with Crippen molar-refractivity contribution in [2.45, 2.75) is 19.4 Å². The Bertz CT molecular complexity index is 537. The number of halogens is 2. The summed E-state index contributed by atoms with van der Waals surface area (Å²) in [6, 6.07) is 7.19. The Kier molecular flexibility index (Phi) is 4.23. The molecule has 18 heavy (non-hydrogen) atoms. The maximum atomic E-state index is 10.2. The number of aliphatic hydroxyl groups is 1. The maximum absolute atomic E-state index is 10.2. The van der Waals surface area contributed by atoms with Crippen LogP contribution in [-0.4, -0.2) is 10.1 Å². The van der Waals surface area contributed by atoms with Crippen molar-refractivity contribution in [2.75, 3.05) is 0 Å². The number of rotatable bonds is 3. The SMILES string of the molecule is Cc1ccncc1C(O)Cc1c(Cl)cccc1Cl. The zero-order valence-electron chi connectivity index (χ0n) is 9.90. The topological polar surface area (TPSA) is 33.1 Å². The molecule has 1 aromatic carbocycles. The van der Waals surface area contributed by atoms with Gasteiger partial charge in [0, 0.05) is 34.4 Å². The lowest BCUT2D eigenvalue weighted by Crippen LogP contribution is -2.05. The third-order valence-corrected chi connectivity index (χ3v) is 3.61. The molecule has 4 heteroatoms. The number of aromatic nitrogens is 1. The van der Waals surface area contributed by atoms with E-state index in [9.17, 15) is 5.11 Å². The first-order valence-corrected chi connectivity index (χ1v) is 6.36.